The van der Waals surface area contributed by atoms with Crippen molar-refractivity contribution in [1.82, 2.24) is 9.80 Å². The number of nitrogens with zero attached hydrogens (tertiary/aromatic N) is 2. The molecule has 3 nitrogen and oxygen atoms in total. The fraction of sp³-hybridized carbons (Fsp3) is 0.409. The zero-order valence-corrected chi connectivity index (χ0v) is 15.5. The molecule has 0 spiro atoms. The van der Waals surface area contributed by atoms with Gasteiger partial charge < -0.3 is 4.90 Å². The van der Waals surface area contributed by atoms with Gasteiger partial charge in [0.05, 0.1) is 0 Å². The highest BCUT2D eigenvalue weighted by Gasteiger charge is 2.44. The molecule has 4 heteroatoms. The summed E-state index contributed by atoms with van der Waals surface area (Å²) in [6.07, 6.45) is 4.71. The molecule has 0 N–H and O–H groups in total. The first-order chi connectivity index (χ1) is 12.7. The number of hydrogen-bond acceptors (Lipinski definition) is 2. The molecule has 0 aliphatic carbocycles. The molecular formula is C22H23ClN2O. The second-order valence-corrected chi connectivity index (χ2v) is 8.34. The lowest BCUT2D eigenvalue weighted by atomic mass is 9.95. The Morgan fingerprint density at radius 2 is 1.69 bits per heavy atom. The van der Waals surface area contributed by atoms with Crippen LogP contribution in [-0.4, -0.2) is 33.8 Å². The largest absolute Gasteiger partial charge is 0.331 e. The van der Waals surface area contributed by atoms with Gasteiger partial charge in [-0.3, -0.25) is 9.69 Å². The maximum atomic E-state index is 12.9. The van der Waals surface area contributed by atoms with Gasteiger partial charge in [0.15, 0.2) is 0 Å². The summed E-state index contributed by atoms with van der Waals surface area (Å²) < 4.78 is 0. The van der Waals surface area contributed by atoms with E-state index in [9.17, 15) is 4.79 Å². The fourth-order valence-electron chi connectivity index (χ4n) is 5.16. The highest BCUT2D eigenvalue weighted by molar-refractivity contribution is 6.30. The number of amides is 1. The third kappa shape index (κ3) is 2.74. The zero-order chi connectivity index (χ0) is 17.7. The molecule has 1 amide bonds. The summed E-state index contributed by atoms with van der Waals surface area (Å²) in [7, 11) is 0. The Labute approximate surface area is 159 Å². The number of carbonyl (C=O) groups is 1. The van der Waals surface area contributed by atoms with E-state index in [2.05, 4.69) is 40.1 Å². The molecule has 26 heavy (non-hydrogen) atoms. The topological polar surface area (TPSA) is 23.6 Å². The van der Waals surface area contributed by atoms with Gasteiger partial charge >= 0.3 is 0 Å². The summed E-state index contributed by atoms with van der Waals surface area (Å²) in [6.45, 7) is 1.75. The Morgan fingerprint density at radius 1 is 0.962 bits per heavy atom. The Balaban J connectivity index is 1.32. The van der Waals surface area contributed by atoms with Crippen LogP contribution in [0.15, 0.2) is 48.5 Å². The van der Waals surface area contributed by atoms with Crippen LogP contribution >= 0.6 is 11.6 Å². The summed E-state index contributed by atoms with van der Waals surface area (Å²) in [5, 5.41) is 0.719. The second-order valence-electron chi connectivity index (χ2n) is 7.90. The number of benzene rings is 2. The van der Waals surface area contributed by atoms with E-state index in [1.165, 1.54) is 18.4 Å². The first kappa shape index (κ1) is 16.3. The molecule has 3 aliphatic rings. The molecule has 2 unspecified atom stereocenters. The van der Waals surface area contributed by atoms with Crippen molar-refractivity contribution in [2.24, 2.45) is 0 Å². The molecule has 2 saturated heterocycles. The Bertz CT molecular complexity index is 823. The predicted octanol–water partition coefficient (Wildman–Crippen LogP) is 4.49. The summed E-state index contributed by atoms with van der Waals surface area (Å²) >= 11 is 6.12. The number of halogens is 1. The molecule has 0 aromatic heterocycles. The van der Waals surface area contributed by atoms with Crippen molar-refractivity contribution < 1.29 is 4.79 Å². The van der Waals surface area contributed by atoms with Crippen LogP contribution in [0.5, 0.6) is 0 Å². The van der Waals surface area contributed by atoms with Crippen LogP contribution in [0.4, 0.5) is 0 Å². The number of fused-ring (bicyclic) bond motifs is 3. The van der Waals surface area contributed by atoms with Gasteiger partial charge in [-0.25, -0.2) is 0 Å². The van der Waals surface area contributed by atoms with Gasteiger partial charge in [0.25, 0.3) is 5.91 Å². The van der Waals surface area contributed by atoms with Gasteiger partial charge in [-0.2, -0.15) is 0 Å². The minimum absolute atomic E-state index is 0.192. The Kier molecular flexibility index (Phi) is 4.02. The molecule has 0 radical (unpaired) electrons. The lowest BCUT2D eigenvalue weighted by molar-refractivity contribution is 0.0417. The summed E-state index contributed by atoms with van der Waals surface area (Å²) in [5.41, 5.74) is 3.32. The third-order valence-corrected chi connectivity index (χ3v) is 6.64. The van der Waals surface area contributed by atoms with Gasteiger partial charge in [-0.15, -0.1) is 0 Å². The van der Waals surface area contributed by atoms with Crippen LogP contribution in [-0.2, 0) is 13.1 Å². The van der Waals surface area contributed by atoms with Crippen molar-refractivity contribution in [1.29, 1.82) is 0 Å². The monoisotopic (exact) mass is 366 g/mol. The number of piperidine rings is 1. The Morgan fingerprint density at radius 3 is 2.42 bits per heavy atom. The van der Waals surface area contributed by atoms with Crippen LogP contribution in [0.2, 0.25) is 5.02 Å². The fourth-order valence-corrected chi connectivity index (χ4v) is 5.35. The van der Waals surface area contributed by atoms with E-state index in [-0.39, 0.29) is 5.91 Å². The zero-order valence-electron chi connectivity index (χ0n) is 14.8. The molecule has 3 aliphatic heterocycles. The summed E-state index contributed by atoms with van der Waals surface area (Å²) in [6, 6.07) is 18.0. The highest BCUT2D eigenvalue weighted by Crippen LogP contribution is 2.40. The van der Waals surface area contributed by atoms with E-state index in [1.54, 1.807) is 0 Å². The summed E-state index contributed by atoms with van der Waals surface area (Å²) in [5.74, 6) is 0.192. The Hall–Kier alpha value is -1.84. The number of hydrogen-bond donors (Lipinski definition) is 0. The molecule has 2 bridgehead atoms. The van der Waals surface area contributed by atoms with Gasteiger partial charge in [0.2, 0.25) is 0 Å². The lowest BCUT2D eigenvalue weighted by Crippen LogP contribution is -2.50. The average Bonchev–Trinajstić information content (AvgIpc) is 3.08. The highest BCUT2D eigenvalue weighted by atomic mass is 35.5. The van der Waals surface area contributed by atoms with Crippen LogP contribution in [0.1, 0.15) is 47.2 Å². The lowest BCUT2D eigenvalue weighted by Gasteiger charge is -2.42. The SMILES string of the molecule is O=C1c2ccc(Cl)cc2CN1C1CC2CCC(C1)N2Cc1ccccc1. The maximum Gasteiger partial charge on any atom is 0.254 e. The molecule has 134 valence electrons. The van der Waals surface area contributed by atoms with Gasteiger partial charge in [0.1, 0.15) is 0 Å². The maximum absolute atomic E-state index is 12.9. The van der Waals surface area contributed by atoms with Crippen LogP contribution < -0.4 is 0 Å². The van der Waals surface area contributed by atoms with Crippen molar-refractivity contribution in [3.05, 3.63) is 70.2 Å². The second kappa shape index (κ2) is 6.40. The first-order valence-corrected chi connectivity index (χ1v) is 9.96. The van der Waals surface area contributed by atoms with E-state index in [1.807, 2.05) is 18.2 Å². The van der Waals surface area contributed by atoms with Gasteiger partial charge in [-0.1, -0.05) is 41.9 Å². The molecular weight excluding hydrogens is 344 g/mol. The van der Waals surface area contributed by atoms with E-state index < -0.39 is 0 Å². The average molecular weight is 367 g/mol. The number of carbonyl (C=O) groups excluding carboxylic acids is 1. The van der Waals surface area contributed by atoms with Gasteiger partial charge in [0, 0.05) is 41.8 Å². The van der Waals surface area contributed by atoms with Crippen molar-refractivity contribution in [3.8, 4) is 0 Å². The number of rotatable bonds is 3. The van der Waals surface area contributed by atoms with Crippen LogP contribution in [0.25, 0.3) is 0 Å². The van der Waals surface area contributed by atoms with E-state index >= 15 is 0 Å². The minimum Gasteiger partial charge on any atom is -0.331 e. The molecule has 2 fully saturated rings. The molecule has 2 atom stereocenters. The van der Waals surface area contributed by atoms with Crippen molar-refractivity contribution in [2.75, 3.05) is 0 Å². The van der Waals surface area contributed by atoms with Crippen molar-refractivity contribution >= 4 is 17.5 Å². The molecule has 3 heterocycles. The normalized spacial score (nSPS) is 27.8. The van der Waals surface area contributed by atoms with Gasteiger partial charge in [-0.05, 0) is 55.0 Å². The molecule has 5 rings (SSSR count). The summed E-state index contributed by atoms with van der Waals surface area (Å²) in [4.78, 5) is 17.7. The molecule has 2 aromatic carbocycles. The first-order valence-electron chi connectivity index (χ1n) is 9.58. The van der Waals surface area contributed by atoms with Crippen molar-refractivity contribution in [2.45, 2.75) is 56.9 Å². The van der Waals surface area contributed by atoms with Crippen molar-refractivity contribution in [3.63, 3.8) is 0 Å². The molecule has 2 aromatic rings. The standard InChI is InChI=1S/C22H23ClN2O/c23-17-6-9-21-16(10-17)14-25(22(21)26)20-11-18-7-8-19(12-20)24(18)13-15-4-2-1-3-5-15/h1-6,9-10,18-20H,7-8,11-14H2. The third-order valence-electron chi connectivity index (χ3n) is 6.41. The smallest absolute Gasteiger partial charge is 0.254 e. The quantitative estimate of drug-likeness (QED) is 0.799. The minimum atomic E-state index is 0.192. The van der Waals surface area contributed by atoms with E-state index in [4.69, 9.17) is 11.6 Å². The van der Waals surface area contributed by atoms with E-state index in [0.29, 0.717) is 18.1 Å². The van der Waals surface area contributed by atoms with Crippen LogP contribution in [0, 0.1) is 0 Å². The molecule has 0 saturated carbocycles. The van der Waals surface area contributed by atoms with Crippen LogP contribution in [0.3, 0.4) is 0 Å². The van der Waals surface area contributed by atoms with E-state index in [0.717, 1.165) is 42.1 Å². The predicted molar refractivity (Wildman–Crippen MR) is 103 cm³/mol.